The Balaban J connectivity index is 2.01. The molecule has 0 saturated carbocycles. The minimum absolute atomic E-state index is 0.00764. The van der Waals surface area contributed by atoms with Crippen LogP contribution in [0.2, 0.25) is 0 Å². The van der Waals surface area contributed by atoms with Crippen LogP contribution in [-0.4, -0.2) is 31.1 Å². The van der Waals surface area contributed by atoms with Crippen LogP contribution in [0.5, 0.6) is 5.75 Å². The third-order valence-corrected chi connectivity index (χ3v) is 5.38. The van der Waals surface area contributed by atoms with Crippen molar-refractivity contribution in [2.24, 2.45) is 0 Å². The molecule has 2 rings (SSSR count). The molecule has 0 aliphatic heterocycles. The molecule has 0 bridgehead atoms. The van der Waals surface area contributed by atoms with Crippen LogP contribution in [0.4, 0.5) is 0 Å². The van der Waals surface area contributed by atoms with Crippen LogP contribution < -0.4 is 20.7 Å². The monoisotopic (exact) mass is 395 g/mol. The van der Waals surface area contributed by atoms with Crippen LogP contribution in [0.3, 0.4) is 0 Å². The van der Waals surface area contributed by atoms with Gasteiger partial charge in [0.25, 0.3) is 5.56 Å². The molecule has 1 aromatic carbocycles. The highest BCUT2D eigenvalue weighted by Crippen LogP contribution is 2.08. The van der Waals surface area contributed by atoms with E-state index in [0.717, 1.165) is 31.9 Å². The number of aromatic amines is 1. The molecule has 9 heteroatoms. The zero-order chi connectivity index (χ0) is 19.7. The number of sulfonamides is 1. The second kappa shape index (κ2) is 10.1. The number of hydrogen-bond acceptors (Lipinski definition) is 5. The number of nitrogens with one attached hydrogen (secondary N) is 2. The van der Waals surface area contributed by atoms with Gasteiger partial charge < -0.3 is 4.74 Å². The first-order valence-electron chi connectivity index (χ1n) is 8.95. The molecule has 1 aromatic heterocycles. The van der Waals surface area contributed by atoms with E-state index < -0.39 is 26.2 Å². The maximum Gasteiger partial charge on any atom is 0.328 e. The molecule has 8 nitrogen and oxygen atoms in total. The summed E-state index contributed by atoms with van der Waals surface area (Å²) in [5.41, 5.74) is -1.54. The predicted molar refractivity (Wildman–Crippen MR) is 103 cm³/mol. The molecule has 2 N–H and O–H groups in total. The Kier molecular flexibility index (Phi) is 7.81. The average molecular weight is 395 g/mol. The maximum atomic E-state index is 12.4. The summed E-state index contributed by atoms with van der Waals surface area (Å²) in [6.07, 6.45) is 4.85. The number of aromatic nitrogens is 2. The Morgan fingerprint density at radius 3 is 2.56 bits per heavy atom. The number of unbranched alkanes of at least 4 members (excludes halogenated alkanes) is 3. The van der Waals surface area contributed by atoms with E-state index in [1.54, 1.807) is 12.1 Å². The SMILES string of the molecule is CCCCCCn1cc(S(=O)(=O)NCCOc2ccccc2)c(=O)[nH]c1=O. The highest BCUT2D eigenvalue weighted by atomic mass is 32.2. The van der Waals surface area contributed by atoms with E-state index in [2.05, 4.69) is 16.6 Å². The molecular weight excluding hydrogens is 370 g/mol. The van der Waals surface area contributed by atoms with Crippen LogP contribution in [0.1, 0.15) is 32.6 Å². The summed E-state index contributed by atoms with van der Waals surface area (Å²) in [4.78, 5) is 25.4. The lowest BCUT2D eigenvalue weighted by atomic mass is 10.2. The van der Waals surface area contributed by atoms with Crippen molar-refractivity contribution < 1.29 is 13.2 Å². The highest BCUT2D eigenvalue weighted by molar-refractivity contribution is 7.89. The quantitative estimate of drug-likeness (QED) is 0.560. The summed E-state index contributed by atoms with van der Waals surface area (Å²) in [6.45, 7) is 2.53. The van der Waals surface area contributed by atoms with Crippen LogP contribution in [0.25, 0.3) is 0 Å². The summed E-state index contributed by atoms with van der Waals surface area (Å²) in [5, 5.41) is 0. The fraction of sp³-hybridized carbons (Fsp3) is 0.444. The fourth-order valence-electron chi connectivity index (χ4n) is 2.50. The van der Waals surface area contributed by atoms with Crippen LogP contribution >= 0.6 is 0 Å². The predicted octanol–water partition coefficient (Wildman–Crippen LogP) is 1.47. The van der Waals surface area contributed by atoms with E-state index >= 15 is 0 Å². The number of hydrogen-bond donors (Lipinski definition) is 2. The zero-order valence-corrected chi connectivity index (χ0v) is 16.1. The van der Waals surface area contributed by atoms with Gasteiger partial charge in [-0.25, -0.2) is 17.9 Å². The lowest BCUT2D eigenvalue weighted by molar-refractivity contribution is 0.323. The van der Waals surface area contributed by atoms with Crippen molar-refractivity contribution in [1.29, 1.82) is 0 Å². The van der Waals surface area contributed by atoms with E-state index in [-0.39, 0.29) is 13.2 Å². The van der Waals surface area contributed by atoms with Crippen LogP contribution in [0.15, 0.2) is 51.0 Å². The number of aryl methyl sites for hydroxylation is 1. The van der Waals surface area contributed by atoms with E-state index in [9.17, 15) is 18.0 Å². The minimum Gasteiger partial charge on any atom is -0.492 e. The van der Waals surface area contributed by atoms with Crippen molar-refractivity contribution in [3.05, 3.63) is 57.4 Å². The molecule has 0 unspecified atom stereocenters. The van der Waals surface area contributed by atoms with Gasteiger partial charge in [0.15, 0.2) is 4.90 Å². The smallest absolute Gasteiger partial charge is 0.328 e. The van der Waals surface area contributed by atoms with Gasteiger partial charge in [0.1, 0.15) is 12.4 Å². The van der Waals surface area contributed by atoms with Crippen molar-refractivity contribution in [1.82, 2.24) is 14.3 Å². The van der Waals surface area contributed by atoms with Gasteiger partial charge in [-0.1, -0.05) is 44.4 Å². The number of ether oxygens (including phenoxy) is 1. The Hall–Kier alpha value is -2.39. The van der Waals surface area contributed by atoms with Crippen LogP contribution in [-0.2, 0) is 16.6 Å². The second-order valence-corrected chi connectivity index (χ2v) is 7.80. The molecule has 0 fully saturated rings. The van der Waals surface area contributed by atoms with E-state index in [0.29, 0.717) is 12.3 Å². The number of benzene rings is 1. The lowest BCUT2D eigenvalue weighted by Crippen LogP contribution is -2.37. The van der Waals surface area contributed by atoms with Gasteiger partial charge in [-0.15, -0.1) is 0 Å². The van der Waals surface area contributed by atoms with E-state index in [1.807, 2.05) is 18.2 Å². The van der Waals surface area contributed by atoms with Crippen molar-refractivity contribution in [3.63, 3.8) is 0 Å². The van der Waals surface area contributed by atoms with Gasteiger partial charge in [-0.3, -0.25) is 14.3 Å². The Bertz CT molecular complexity index is 935. The minimum atomic E-state index is -4.05. The molecule has 0 aliphatic carbocycles. The first-order chi connectivity index (χ1) is 12.9. The summed E-state index contributed by atoms with van der Waals surface area (Å²) >= 11 is 0. The van der Waals surface area contributed by atoms with Crippen LogP contribution in [0, 0.1) is 0 Å². The Morgan fingerprint density at radius 2 is 1.85 bits per heavy atom. The van der Waals surface area contributed by atoms with E-state index in [1.165, 1.54) is 4.57 Å². The molecular formula is C18H25N3O5S. The van der Waals surface area contributed by atoms with Crippen molar-refractivity contribution >= 4 is 10.0 Å². The summed E-state index contributed by atoms with van der Waals surface area (Å²) in [6, 6.07) is 8.98. The largest absolute Gasteiger partial charge is 0.492 e. The first-order valence-corrected chi connectivity index (χ1v) is 10.4. The topological polar surface area (TPSA) is 110 Å². The van der Waals surface area contributed by atoms with Crippen molar-refractivity contribution in [2.75, 3.05) is 13.2 Å². The third-order valence-electron chi connectivity index (χ3n) is 3.93. The first kappa shape index (κ1) is 20.9. The lowest BCUT2D eigenvalue weighted by Gasteiger charge is -2.10. The Labute approximate surface area is 158 Å². The van der Waals surface area contributed by atoms with Gasteiger partial charge in [0.05, 0.1) is 0 Å². The molecule has 0 radical (unpaired) electrons. The summed E-state index contributed by atoms with van der Waals surface area (Å²) < 4.78 is 33.8. The molecule has 0 amide bonds. The number of nitrogens with zero attached hydrogens (tertiary/aromatic N) is 1. The van der Waals surface area contributed by atoms with Gasteiger partial charge in [-0.05, 0) is 18.6 Å². The summed E-state index contributed by atoms with van der Waals surface area (Å²) in [7, 11) is -4.05. The molecule has 148 valence electrons. The molecule has 0 atom stereocenters. The Morgan fingerprint density at radius 1 is 1.11 bits per heavy atom. The summed E-state index contributed by atoms with van der Waals surface area (Å²) in [5.74, 6) is 0.621. The fourth-order valence-corrected chi connectivity index (χ4v) is 3.56. The van der Waals surface area contributed by atoms with Gasteiger partial charge in [-0.2, -0.15) is 0 Å². The number of para-hydroxylation sites is 1. The highest BCUT2D eigenvalue weighted by Gasteiger charge is 2.19. The molecule has 0 saturated heterocycles. The van der Waals surface area contributed by atoms with Crippen molar-refractivity contribution in [3.8, 4) is 5.75 Å². The molecule has 27 heavy (non-hydrogen) atoms. The number of rotatable bonds is 11. The zero-order valence-electron chi connectivity index (χ0n) is 15.3. The van der Waals surface area contributed by atoms with Gasteiger partial charge in [0, 0.05) is 19.3 Å². The average Bonchev–Trinajstić information content (AvgIpc) is 2.64. The molecule has 0 spiro atoms. The molecule has 1 heterocycles. The second-order valence-electron chi connectivity index (χ2n) is 6.07. The molecule has 2 aromatic rings. The maximum absolute atomic E-state index is 12.4. The normalized spacial score (nSPS) is 11.4. The van der Waals surface area contributed by atoms with E-state index in [4.69, 9.17) is 4.74 Å². The molecule has 0 aliphatic rings. The number of H-pyrrole nitrogens is 1. The van der Waals surface area contributed by atoms with Gasteiger partial charge >= 0.3 is 5.69 Å². The third kappa shape index (κ3) is 6.37. The van der Waals surface area contributed by atoms with Crippen molar-refractivity contribution in [2.45, 2.75) is 44.0 Å². The standard InChI is InChI=1S/C18H25N3O5S/c1-2-3-4-8-12-21-14-16(17(22)20-18(21)23)27(24,25)19-11-13-26-15-9-6-5-7-10-15/h5-7,9-10,14,19H,2-4,8,11-13H2,1H3,(H,20,22,23). The van der Waals surface area contributed by atoms with Gasteiger partial charge in [0.2, 0.25) is 10.0 Å².